The summed E-state index contributed by atoms with van der Waals surface area (Å²) in [5.74, 6) is 0. The Labute approximate surface area is 197 Å². The van der Waals surface area contributed by atoms with Crippen LogP contribution in [0.25, 0.3) is 0 Å². The molecule has 0 aromatic rings. The Morgan fingerprint density at radius 2 is 1.50 bits per heavy atom. The third kappa shape index (κ3) is 5.40. The third-order valence-corrected chi connectivity index (χ3v) is 6.95. The first kappa shape index (κ1) is 28.0. The van der Waals surface area contributed by atoms with E-state index in [4.69, 9.17) is 36.1 Å². The summed E-state index contributed by atoms with van der Waals surface area (Å²) in [6.07, 6.45) is -12.4. The average molecular weight is 497 g/mol. The molecule has 2 saturated heterocycles. The summed E-state index contributed by atoms with van der Waals surface area (Å²) in [6, 6.07) is -3.47. The highest BCUT2D eigenvalue weighted by Gasteiger charge is 2.52. The Morgan fingerprint density at radius 3 is 2.03 bits per heavy atom. The lowest BCUT2D eigenvalue weighted by Gasteiger charge is -2.49. The molecular formula is C20H40N4O10. The number of rotatable bonds is 6. The molecule has 2 heterocycles. The molecule has 0 amide bonds. The van der Waals surface area contributed by atoms with Crippen LogP contribution in [-0.2, 0) is 18.9 Å². The van der Waals surface area contributed by atoms with Gasteiger partial charge in [-0.15, -0.1) is 0 Å². The van der Waals surface area contributed by atoms with E-state index in [9.17, 15) is 30.6 Å². The molecule has 3 rings (SSSR count). The van der Waals surface area contributed by atoms with E-state index in [-0.39, 0.29) is 13.0 Å². The average Bonchev–Trinajstić information content (AvgIpc) is 2.75. The molecule has 13 N–H and O–H groups in total. The van der Waals surface area contributed by atoms with Crippen LogP contribution in [0.4, 0.5) is 0 Å². The van der Waals surface area contributed by atoms with E-state index >= 15 is 0 Å². The first-order valence-corrected chi connectivity index (χ1v) is 11.4. The van der Waals surface area contributed by atoms with E-state index in [1.165, 1.54) is 13.8 Å². The second kappa shape index (κ2) is 10.8. The first-order valence-electron chi connectivity index (χ1n) is 11.4. The van der Waals surface area contributed by atoms with Crippen LogP contribution in [0.2, 0.25) is 0 Å². The first-order chi connectivity index (χ1) is 15.8. The van der Waals surface area contributed by atoms with Crippen LogP contribution >= 0.6 is 0 Å². The fraction of sp³-hybridized carbons (Fsp3) is 1.00. The van der Waals surface area contributed by atoms with E-state index in [2.05, 4.69) is 5.32 Å². The van der Waals surface area contributed by atoms with Crippen LogP contribution in [0.3, 0.4) is 0 Å². The molecule has 7 unspecified atom stereocenters. The van der Waals surface area contributed by atoms with Crippen molar-refractivity contribution in [2.75, 3.05) is 13.7 Å². The van der Waals surface area contributed by atoms with Gasteiger partial charge in [-0.25, -0.2) is 0 Å². The molecule has 3 aliphatic rings. The summed E-state index contributed by atoms with van der Waals surface area (Å²) in [6.45, 7) is 2.75. The van der Waals surface area contributed by atoms with Crippen molar-refractivity contribution in [3.63, 3.8) is 0 Å². The van der Waals surface area contributed by atoms with E-state index < -0.39 is 91.2 Å². The Bertz CT molecular complexity index is 675. The molecular weight excluding hydrogens is 456 g/mol. The second-order valence-corrected chi connectivity index (χ2v) is 9.82. The molecule has 1 saturated carbocycles. The number of hydrogen-bond donors (Lipinski definition) is 10. The lowest BCUT2D eigenvalue weighted by atomic mass is 9.84. The molecule has 14 nitrogen and oxygen atoms in total. The highest BCUT2D eigenvalue weighted by molar-refractivity contribution is 5.02. The van der Waals surface area contributed by atoms with Gasteiger partial charge in [0.2, 0.25) is 0 Å². The fourth-order valence-electron chi connectivity index (χ4n) is 4.95. The fourth-order valence-corrected chi connectivity index (χ4v) is 4.95. The van der Waals surface area contributed by atoms with E-state index in [1.54, 1.807) is 7.05 Å². The summed E-state index contributed by atoms with van der Waals surface area (Å²) >= 11 is 0. The molecule has 200 valence electrons. The summed E-state index contributed by atoms with van der Waals surface area (Å²) in [5.41, 5.74) is 17.0. The summed E-state index contributed by atoms with van der Waals surface area (Å²) in [7, 11) is 1.58. The van der Waals surface area contributed by atoms with Crippen LogP contribution in [0.1, 0.15) is 20.3 Å². The number of nitrogens with two attached hydrogens (primary N) is 3. The molecule has 0 bridgehead atoms. The smallest absolute Gasteiger partial charge is 0.185 e. The Balaban J connectivity index is 1.73. The molecule has 14 heteroatoms. The number of likely N-dealkylation sites (N-methyl/N-ethyl adjacent to an activating group) is 1. The largest absolute Gasteiger partial charge is 0.391 e. The van der Waals surface area contributed by atoms with Crippen LogP contribution in [-0.4, -0.2) is 135 Å². The van der Waals surface area contributed by atoms with Gasteiger partial charge in [-0.1, -0.05) is 0 Å². The van der Waals surface area contributed by atoms with Gasteiger partial charge in [-0.3, -0.25) is 0 Å². The van der Waals surface area contributed by atoms with E-state index in [0.717, 1.165) is 0 Å². The Morgan fingerprint density at radius 1 is 0.941 bits per heavy atom. The van der Waals surface area contributed by atoms with Gasteiger partial charge in [0.15, 0.2) is 12.6 Å². The summed E-state index contributed by atoms with van der Waals surface area (Å²) < 4.78 is 22.8. The number of ether oxygens (including phenoxy) is 4. The summed E-state index contributed by atoms with van der Waals surface area (Å²) in [4.78, 5) is 0. The van der Waals surface area contributed by atoms with Crippen LogP contribution < -0.4 is 22.5 Å². The second-order valence-electron chi connectivity index (χ2n) is 9.82. The number of nitrogens with one attached hydrogen (secondary N) is 1. The molecule has 0 spiro atoms. The lowest BCUT2D eigenvalue weighted by Crippen LogP contribution is -2.69. The van der Waals surface area contributed by atoms with E-state index in [1.807, 2.05) is 0 Å². The molecule has 0 radical (unpaired) electrons. The highest BCUT2D eigenvalue weighted by atomic mass is 16.7. The molecule has 15 atom stereocenters. The van der Waals surface area contributed by atoms with Crippen molar-refractivity contribution in [2.24, 2.45) is 17.2 Å². The standard InChI is InChI=1S/C20H40N4O10/c1-6(25)14-11(27)10(26)9(23)18(32-14)33-15-7(21)4-8(22)16(12(15)28)34-19-13(29)17(24-3)20(2,30)5-31-19/h6-19,24-30H,4-5,21-23H2,1-3H3/t6?,7?,8-,9?,10-,11+,12+,13-,14?,15-,16?,17+,18-,19?,20?/m1/s1. The lowest BCUT2D eigenvalue weighted by molar-refractivity contribution is -0.319. The number of hydrogen-bond acceptors (Lipinski definition) is 14. The highest BCUT2D eigenvalue weighted by Crippen LogP contribution is 2.32. The minimum Gasteiger partial charge on any atom is -0.391 e. The van der Waals surface area contributed by atoms with Crippen LogP contribution in [0.15, 0.2) is 0 Å². The summed E-state index contributed by atoms with van der Waals surface area (Å²) in [5, 5.41) is 65.2. The molecule has 34 heavy (non-hydrogen) atoms. The van der Waals surface area contributed by atoms with Crippen molar-refractivity contribution in [3.05, 3.63) is 0 Å². The van der Waals surface area contributed by atoms with Crippen LogP contribution in [0.5, 0.6) is 0 Å². The van der Waals surface area contributed by atoms with Crippen molar-refractivity contribution in [2.45, 2.75) is 111 Å². The van der Waals surface area contributed by atoms with Gasteiger partial charge in [0.25, 0.3) is 0 Å². The Kier molecular flexibility index (Phi) is 8.92. The van der Waals surface area contributed by atoms with Crippen molar-refractivity contribution in [1.82, 2.24) is 5.32 Å². The van der Waals surface area contributed by atoms with E-state index in [0.29, 0.717) is 0 Å². The van der Waals surface area contributed by atoms with Gasteiger partial charge in [0, 0.05) is 12.1 Å². The van der Waals surface area contributed by atoms with Gasteiger partial charge in [0.1, 0.15) is 48.3 Å². The zero-order chi connectivity index (χ0) is 25.5. The van der Waals surface area contributed by atoms with Crippen molar-refractivity contribution < 1.29 is 49.6 Å². The van der Waals surface area contributed by atoms with Gasteiger partial charge in [0.05, 0.1) is 24.8 Å². The van der Waals surface area contributed by atoms with Gasteiger partial charge >= 0.3 is 0 Å². The molecule has 3 fully saturated rings. The Hall–Kier alpha value is -0.560. The minimum absolute atomic E-state index is 0.135. The molecule has 1 aliphatic carbocycles. The zero-order valence-corrected chi connectivity index (χ0v) is 19.5. The van der Waals surface area contributed by atoms with Crippen LogP contribution in [0, 0.1) is 0 Å². The molecule has 0 aromatic carbocycles. The van der Waals surface area contributed by atoms with Gasteiger partial charge in [-0.05, 0) is 27.3 Å². The van der Waals surface area contributed by atoms with Crippen molar-refractivity contribution >= 4 is 0 Å². The van der Waals surface area contributed by atoms with Gasteiger partial charge in [-0.2, -0.15) is 0 Å². The predicted molar refractivity (Wildman–Crippen MR) is 116 cm³/mol. The molecule has 0 aromatic heterocycles. The maximum atomic E-state index is 11.1. The maximum absolute atomic E-state index is 11.1. The van der Waals surface area contributed by atoms with Crippen molar-refractivity contribution in [1.29, 1.82) is 0 Å². The van der Waals surface area contributed by atoms with Gasteiger partial charge < -0.3 is 72.1 Å². The van der Waals surface area contributed by atoms with Crippen molar-refractivity contribution in [3.8, 4) is 0 Å². The molecule has 2 aliphatic heterocycles. The quantitative estimate of drug-likeness (QED) is 0.165. The minimum atomic E-state index is -1.46. The predicted octanol–water partition coefficient (Wildman–Crippen LogP) is -5.61. The maximum Gasteiger partial charge on any atom is 0.185 e. The topological polar surface area (TPSA) is 248 Å². The number of aliphatic hydroxyl groups excluding tert-OH is 5. The normalized spacial score (nSPS) is 53.5. The monoisotopic (exact) mass is 496 g/mol. The zero-order valence-electron chi connectivity index (χ0n) is 19.5. The SMILES string of the molecule is CN[C@H]1[C@@H](O)C(OC2[C@H](N)CC(N)[C@@H](O[C@H]3OC(C(C)O)[C@@H](O)[C@H](O)C3N)[C@@H]2O)OCC1(C)O. The third-order valence-electron chi connectivity index (χ3n) is 6.95. The number of aliphatic hydroxyl groups is 6.